The third kappa shape index (κ3) is 5.40. The number of hydrogen-bond acceptors (Lipinski definition) is 4. The van der Waals surface area contributed by atoms with Gasteiger partial charge in [-0.1, -0.05) is 23.8 Å². The van der Waals surface area contributed by atoms with Crippen LogP contribution in [0.4, 0.5) is 0 Å². The lowest BCUT2D eigenvalue weighted by molar-refractivity contribution is -0.121. The Hall–Kier alpha value is -2.38. The molecule has 0 saturated heterocycles. The summed E-state index contributed by atoms with van der Waals surface area (Å²) in [6.45, 7) is 3.91. The Morgan fingerprint density at radius 2 is 1.83 bits per heavy atom. The molecule has 0 fully saturated rings. The van der Waals surface area contributed by atoms with Crippen LogP contribution in [-0.2, 0) is 27.7 Å². The quantitative estimate of drug-likeness (QED) is 0.672. The second-order valence-corrected chi connectivity index (χ2v) is 9.59. The molecule has 1 aliphatic rings. The van der Waals surface area contributed by atoms with Crippen LogP contribution in [0.1, 0.15) is 54.5 Å². The molecule has 6 nitrogen and oxygen atoms in total. The topological polar surface area (TPSA) is 84.5 Å². The number of methoxy groups -OCH3 is 1. The fourth-order valence-electron chi connectivity index (χ4n) is 3.84. The first kappa shape index (κ1) is 22.3. The lowest BCUT2D eigenvalue weighted by Crippen LogP contribution is -2.32. The molecule has 162 valence electrons. The Balaban J connectivity index is 1.55. The van der Waals surface area contributed by atoms with Gasteiger partial charge in [0.25, 0.3) is 0 Å². The molecule has 2 aromatic carbocycles. The Labute approximate surface area is 179 Å². The minimum Gasteiger partial charge on any atom is -0.496 e. The van der Waals surface area contributed by atoms with Crippen LogP contribution >= 0.6 is 0 Å². The number of carbonyl (C=O) groups excluding carboxylic acids is 1. The molecule has 3 rings (SSSR count). The Kier molecular flexibility index (Phi) is 7.15. The molecule has 1 unspecified atom stereocenters. The van der Waals surface area contributed by atoms with Gasteiger partial charge in [-0.15, -0.1) is 0 Å². The van der Waals surface area contributed by atoms with Gasteiger partial charge >= 0.3 is 0 Å². The zero-order valence-electron chi connectivity index (χ0n) is 17.8. The van der Waals surface area contributed by atoms with Gasteiger partial charge < -0.3 is 10.1 Å². The summed E-state index contributed by atoms with van der Waals surface area (Å²) in [4.78, 5) is 12.6. The van der Waals surface area contributed by atoms with E-state index < -0.39 is 10.0 Å². The van der Waals surface area contributed by atoms with Crippen molar-refractivity contribution in [3.8, 4) is 5.75 Å². The smallest absolute Gasteiger partial charge is 0.240 e. The maximum absolute atomic E-state index is 12.6. The van der Waals surface area contributed by atoms with Crippen molar-refractivity contribution in [2.45, 2.75) is 56.9 Å². The van der Waals surface area contributed by atoms with Crippen molar-refractivity contribution in [3.63, 3.8) is 0 Å². The van der Waals surface area contributed by atoms with Crippen LogP contribution in [0.2, 0.25) is 0 Å². The van der Waals surface area contributed by atoms with E-state index in [4.69, 9.17) is 4.74 Å². The summed E-state index contributed by atoms with van der Waals surface area (Å²) in [7, 11) is -2.04. The first-order valence-corrected chi connectivity index (χ1v) is 11.8. The summed E-state index contributed by atoms with van der Waals surface area (Å²) in [5.74, 6) is 0.487. The fourth-order valence-corrected chi connectivity index (χ4v) is 4.92. The lowest BCUT2D eigenvalue weighted by Gasteiger charge is -2.18. The zero-order chi connectivity index (χ0) is 21.7. The zero-order valence-corrected chi connectivity index (χ0v) is 18.6. The molecule has 1 aliphatic carbocycles. The largest absolute Gasteiger partial charge is 0.496 e. The van der Waals surface area contributed by atoms with Crippen molar-refractivity contribution < 1.29 is 17.9 Å². The number of ether oxygens (including phenoxy) is 1. The van der Waals surface area contributed by atoms with Crippen molar-refractivity contribution in [3.05, 3.63) is 58.7 Å². The summed E-state index contributed by atoms with van der Waals surface area (Å²) in [5.41, 5.74) is 4.31. The SMILES string of the molecule is COc1ccc(C)cc1C(C)NC(=O)CCNS(=O)(=O)c1ccc2c(c1)CCCC2. The summed E-state index contributed by atoms with van der Waals surface area (Å²) in [6.07, 6.45) is 4.23. The molecule has 0 bridgehead atoms. The van der Waals surface area contributed by atoms with E-state index in [1.54, 1.807) is 19.2 Å². The summed E-state index contributed by atoms with van der Waals surface area (Å²) >= 11 is 0. The molecule has 30 heavy (non-hydrogen) atoms. The summed E-state index contributed by atoms with van der Waals surface area (Å²) in [5, 5.41) is 2.91. The number of hydrogen-bond donors (Lipinski definition) is 2. The van der Waals surface area contributed by atoms with E-state index in [1.807, 2.05) is 38.1 Å². The summed E-state index contributed by atoms with van der Waals surface area (Å²) < 4.78 is 33.1. The van der Waals surface area contributed by atoms with Crippen molar-refractivity contribution in [1.29, 1.82) is 0 Å². The monoisotopic (exact) mass is 430 g/mol. The van der Waals surface area contributed by atoms with Gasteiger partial charge in [-0.3, -0.25) is 4.79 Å². The fraction of sp³-hybridized carbons (Fsp3) is 0.435. The van der Waals surface area contributed by atoms with Gasteiger partial charge in [-0.05, 0) is 68.9 Å². The molecule has 0 spiro atoms. The van der Waals surface area contributed by atoms with E-state index in [9.17, 15) is 13.2 Å². The molecule has 1 atom stereocenters. The minimum absolute atomic E-state index is 0.0446. The first-order chi connectivity index (χ1) is 14.3. The predicted octanol–water partition coefficient (Wildman–Crippen LogP) is 3.43. The van der Waals surface area contributed by atoms with Crippen molar-refractivity contribution in [2.24, 2.45) is 0 Å². The molecule has 0 radical (unpaired) electrons. The van der Waals surface area contributed by atoms with Gasteiger partial charge in [0.05, 0.1) is 18.0 Å². The van der Waals surface area contributed by atoms with Gasteiger partial charge in [0, 0.05) is 18.5 Å². The number of amides is 1. The number of carbonyl (C=O) groups is 1. The standard InChI is InChI=1S/C23H30N2O4S/c1-16-8-11-22(29-3)21(14-16)17(2)25-23(26)12-13-24-30(27,28)20-10-9-18-6-4-5-7-19(18)15-20/h8-11,14-15,17,24H,4-7,12-13H2,1-3H3,(H,25,26). The number of benzene rings is 2. The molecule has 1 amide bonds. The maximum Gasteiger partial charge on any atom is 0.240 e. The number of aryl methyl sites for hydroxylation is 3. The van der Waals surface area contributed by atoms with E-state index in [0.717, 1.165) is 42.4 Å². The second-order valence-electron chi connectivity index (χ2n) is 7.82. The number of rotatable bonds is 8. The maximum atomic E-state index is 12.6. The van der Waals surface area contributed by atoms with Crippen molar-refractivity contribution in [1.82, 2.24) is 10.0 Å². The highest BCUT2D eigenvalue weighted by atomic mass is 32.2. The number of nitrogens with one attached hydrogen (secondary N) is 2. The van der Waals surface area contributed by atoms with Crippen LogP contribution < -0.4 is 14.8 Å². The Morgan fingerprint density at radius 1 is 1.10 bits per heavy atom. The van der Waals surface area contributed by atoms with Gasteiger partial charge in [-0.2, -0.15) is 0 Å². The second kappa shape index (κ2) is 9.62. The van der Waals surface area contributed by atoms with Crippen LogP contribution in [0, 0.1) is 6.92 Å². The van der Waals surface area contributed by atoms with E-state index >= 15 is 0 Å². The Bertz CT molecular complexity index is 1020. The lowest BCUT2D eigenvalue weighted by atomic mass is 9.92. The molecule has 2 aromatic rings. The average molecular weight is 431 g/mol. The number of fused-ring (bicyclic) bond motifs is 1. The number of sulfonamides is 1. The van der Waals surface area contributed by atoms with Crippen LogP contribution in [-0.4, -0.2) is 28.0 Å². The van der Waals surface area contributed by atoms with Gasteiger partial charge in [0.1, 0.15) is 5.75 Å². The molecule has 2 N–H and O–H groups in total. The molecule has 0 heterocycles. The van der Waals surface area contributed by atoms with E-state index in [2.05, 4.69) is 10.0 Å². The van der Waals surface area contributed by atoms with Gasteiger partial charge in [0.2, 0.25) is 15.9 Å². The van der Waals surface area contributed by atoms with Gasteiger partial charge in [-0.25, -0.2) is 13.1 Å². The van der Waals surface area contributed by atoms with Crippen LogP contribution in [0.5, 0.6) is 5.75 Å². The highest BCUT2D eigenvalue weighted by Crippen LogP contribution is 2.26. The normalized spacial score (nSPS) is 14.6. The van der Waals surface area contributed by atoms with E-state index in [1.165, 1.54) is 5.56 Å². The highest BCUT2D eigenvalue weighted by Gasteiger charge is 2.19. The van der Waals surface area contributed by atoms with Crippen LogP contribution in [0.25, 0.3) is 0 Å². The molecular weight excluding hydrogens is 400 g/mol. The van der Waals surface area contributed by atoms with Crippen LogP contribution in [0.3, 0.4) is 0 Å². The van der Waals surface area contributed by atoms with E-state index in [-0.39, 0.29) is 29.8 Å². The van der Waals surface area contributed by atoms with Gasteiger partial charge in [0.15, 0.2) is 0 Å². The van der Waals surface area contributed by atoms with E-state index in [0.29, 0.717) is 5.75 Å². The predicted molar refractivity (Wildman–Crippen MR) is 117 cm³/mol. The molecule has 0 aliphatic heterocycles. The van der Waals surface area contributed by atoms with Crippen molar-refractivity contribution in [2.75, 3.05) is 13.7 Å². The molecule has 7 heteroatoms. The average Bonchev–Trinajstić information content (AvgIpc) is 2.73. The Morgan fingerprint density at radius 3 is 2.57 bits per heavy atom. The van der Waals surface area contributed by atoms with Crippen LogP contribution in [0.15, 0.2) is 41.3 Å². The van der Waals surface area contributed by atoms with Crippen molar-refractivity contribution >= 4 is 15.9 Å². The minimum atomic E-state index is -3.64. The first-order valence-electron chi connectivity index (χ1n) is 10.4. The molecule has 0 aromatic heterocycles. The third-order valence-electron chi connectivity index (χ3n) is 5.50. The highest BCUT2D eigenvalue weighted by molar-refractivity contribution is 7.89. The molecular formula is C23H30N2O4S. The summed E-state index contributed by atoms with van der Waals surface area (Å²) in [6, 6.07) is 10.9. The molecule has 0 saturated carbocycles. The third-order valence-corrected chi connectivity index (χ3v) is 6.96.